The van der Waals surface area contributed by atoms with Crippen LogP contribution in [0.2, 0.25) is 0 Å². The summed E-state index contributed by atoms with van der Waals surface area (Å²) in [6.45, 7) is 2.87. The molecule has 2 aromatic heterocycles. The molecule has 12 heteroatoms. The minimum Gasteiger partial charge on any atom is -0.491 e. The van der Waals surface area contributed by atoms with E-state index in [4.69, 9.17) is 25.0 Å². The normalized spacial score (nSPS) is 12.3. The van der Waals surface area contributed by atoms with Gasteiger partial charge in [-0.2, -0.15) is 8.78 Å². The van der Waals surface area contributed by atoms with Gasteiger partial charge in [-0.05, 0) is 73.2 Å². The lowest BCUT2D eigenvalue weighted by Crippen LogP contribution is -2.25. The molecule has 0 radical (unpaired) electrons. The van der Waals surface area contributed by atoms with Crippen LogP contribution in [0, 0.1) is 13.8 Å². The van der Waals surface area contributed by atoms with Crippen molar-refractivity contribution < 1.29 is 37.3 Å². The smallest absolute Gasteiger partial charge is 0.397 e. The average Bonchev–Trinajstić information content (AvgIpc) is 2.88. The van der Waals surface area contributed by atoms with Crippen LogP contribution in [0.1, 0.15) is 22.3 Å². The maximum Gasteiger partial charge on any atom is 0.397 e. The van der Waals surface area contributed by atoms with Gasteiger partial charge in [-0.25, -0.2) is 4.98 Å². The van der Waals surface area contributed by atoms with Crippen molar-refractivity contribution in [3.63, 3.8) is 0 Å². The maximum atomic E-state index is 13.1. The Morgan fingerprint density at radius 2 is 1.70 bits per heavy atom. The summed E-state index contributed by atoms with van der Waals surface area (Å²) in [5.41, 5.74) is 8.01. The summed E-state index contributed by atoms with van der Waals surface area (Å²) >= 11 is 0. The number of halogens is 2. The molecule has 4 rings (SSSR count). The van der Waals surface area contributed by atoms with E-state index in [0.29, 0.717) is 17.1 Å². The molecule has 0 atom stereocenters. The zero-order valence-electron chi connectivity index (χ0n) is 22.3. The van der Waals surface area contributed by atoms with E-state index in [-0.39, 0.29) is 26.4 Å². The molecule has 4 N–H and O–H groups in total. The Balaban J connectivity index is 1.25. The first-order chi connectivity index (χ1) is 18.9. The second-order valence-electron chi connectivity index (χ2n) is 9.57. The number of nitrogens with zero attached hydrogens (tertiary/aromatic N) is 2. The fourth-order valence-electron chi connectivity index (χ4n) is 4.23. The molecule has 0 unspecified atom stereocenters. The van der Waals surface area contributed by atoms with Gasteiger partial charge >= 0.3 is 13.3 Å². The number of ether oxygens (including phenoxy) is 3. The molecule has 0 saturated carbocycles. The summed E-state index contributed by atoms with van der Waals surface area (Å²) in [6, 6.07) is 14.1. The molecule has 0 aliphatic carbocycles. The molecule has 0 aliphatic rings. The summed E-state index contributed by atoms with van der Waals surface area (Å²) in [7, 11) is -5.55. The summed E-state index contributed by atoms with van der Waals surface area (Å²) < 4.78 is 52.5. The van der Waals surface area contributed by atoms with Crippen molar-refractivity contribution >= 4 is 35.2 Å². The van der Waals surface area contributed by atoms with Crippen molar-refractivity contribution in [3.8, 4) is 5.75 Å². The van der Waals surface area contributed by atoms with Crippen LogP contribution in [0.25, 0.3) is 21.8 Å². The molecule has 0 bridgehead atoms. The number of nitrogen functional groups attached to an aromatic ring is 1. The highest BCUT2D eigenvalue weighted by Crippen LogP contribution is 2.52. The molecule has 9 nitrogen and oxygen atoms in total. The van der Waals surface area contributed by atoms with E-state index in [1.165, 1.54) is 5.56 Å². The number of fused-ring (bicyclic) bond motifs is 3. The minimum atomic E-state index is -5.55. The topological polar surface area (TPSA) is 137 Å². The van der Waals surface area contributed by atoms with Gasteiger partial charge in [0.05, 0.1) is 25.3 Å². The van der Waals surface area contributed by atoms with Crippen molar-refractivity contribution in [2.24, 2.45) is 0 Å². The molecule has 40 heavy (non-hydrogen) atoms. The number of anilines is 1. The highest BCUT2D eigenvalue weighted by atomic mass is 31.2. The van der Waals surface area contributed by atoms with Crippen LogP contribution in [-0.4, -0.2) is 58.5 Å². The first-order valence-corrected chi connectivity index (χ1v) is 14.3. The van der Waals surface area contributed by atoms with E-state index in [2.05, 4.69) is 32.9 Å². The molecule has 0 aliphatic heterocycles. The van der Waals surface area contributed by atoms with Crippen LogP contribution in [0.4, 0.5) is 14.6 Å². The fourth-order valence-corrected chi connectivity index (χ4v) is 4.49. The number of aromatic nitrogens is 2. The van der Waals surface area contributed by atoms with Gasteiger partial charge in [-0.3, -0.25) is 9.55 Å². The zero-order chi connectivity index (χ0) is 28.9. The van der Waals surface area contributed by atoms with Crippen LogP contribution in [0.5, 0.6) is 5.75 Å². The van der Waals surface area contributed by atoms with E-state index < -0.39 is 19.9 Å². The van der Waals surface area contributed by atoms with E-state index in [1.807, 2.05) is 44.3 Å². The molecule has 0 saturated heterocycles. The van der Waals surface area contributed by atoms with Gasteiger partial charge in [0.2, 0.25) is 0 Å². The molecular formula is C28H32F2N3O6P. The molecule has 0 amide bonds. The number of hydrogen-bond donors (Lipinski definition) is 3. The first-order valence-electron chi connectivity index (χ1n) is 12.7. The number of pyridine rings is 2. The van der Waals surface area contributed by atoms with E-state index in [1.54, 1.807) is 0 Å². The molecular weight excluding hydrogens is 543 g/mol. The van der Waals surface area contributed by atoms with Gasteiger partial charge in [-0.1, -0.05) is 18.2 Å². The Morgan fingerprint density at radius 3 is 2.45 bits per heavy atom. The Morgan fingerprint density at radius 1 is 0.950 bits per heavy atom. The summed E-state index contributed by atoms with van der Waals surface area (Å²) in [6.07, 6.45) is 3.47. The van der Waals surface area contributed by atoms with Gasteiger partial charge in [0.25, 0.3) is 0 Å². The zero-order valence-corrected chi connectivity index (χ0v) is 23.2. The lowest BCUT2D eigenvalue weighted by atomic mass is 9.99. The minimum absolute atomic E-state index is 0.0132. The quantitative estimate of drug-likeness (QED) is 0.115. The van der Waals surface area contributed by atoms with Gasteiger partial charge in [0.1, 0.15) is 24.5 Å². The van der Waals surface area contributed by atoms with Crippen LogP contribution in [-0.2, 0) is 26.9 Å². The molecule has 0 fully saturated rings. The fraction of sp³-hybridized carbons (Fsp3) is 0.357. The van der Waals surface area contributed by atoms with E-state index in [9.17, 15) is 13.3 Å². The number of alkyl halides is 2. The summed E-state index contributed by atoms with van der Waals surface area (Å²) in [5, 5.41) is 2.02. The van der Waals surface area contributed by atoms with Crippen molar-refractivity contribution in [3.05, 3.63) is 70.9 Å². The highest BCUT2D eigenvalue weighted by Gasteiger charge is 2.48. The number of hydrogen-bond acceptors (Lipinski definition) is 7. The Labute approximate surface area is 230 Å². The monoisotopic (exact) mass is 575 g/mol. The molecule has 2 aromatic carbocycles. The lowest BCUT2D eigenvalue weighted by Gasteiger charge is -2.17. The molecule has 2 heterocycles. The van der Waals surface area contributed by atoms with E-state index >= 15 is 0 Å². The van der Waals surface area contributed by atoms with Crippen molar-refractivity contribution in [1.82, 2.24) is 9.97 Å². The van der Waals surface area contributed by atoms with Gasteiger partial charge in [0.15, 0.2) is 5.82 Å². The van der Waals surface area contributed by atoms with Crippen molar-refractivity contribution in [2.75, 3.05) is 38.8 Å². The largest absolute Gasteiger partial charge is 0.491 e. The Hall–Kier alpha value is -3.21. The van der Waals surface area contributed by atoms with Gasteiger partial charge in [-0.15, -0.1) is 0 Å². The third-order valence-corrected chi connectivity index (χ3v) is 7.42. The number of nitrogens with two attached hydrogens (primary N) is 1. The van der Waals surface area contributed by atoms with Crippen molar-refractivity contribution in [1.29, 1.82) is 0 Å². The average molecular weight is 576 g/mol. The summed E-state index contributed by atoms with van der Waals surface area (Å²) in [4.78, 5) is 26.2. The third-order valence-electron chi connectivity index (χ3n) is 6.44. The van der Waals surface area contributed by atoms with Crippen LogP contribution < -0.4 is 10.5 Å². The number of rotatable bonds is 13. The third kappa shape index (κ3) is 7.30. The predicted octanol–water partition coefficient (Wildman–Crippen LogP) is 4.95. The Bertz CT molecular complexity index is 1550. The van der Waals surface area contributed by atoms with Crippen molar-refractivity contribution in [2.45, 2.75) is 32.4 Å². The lowest BCUT2D eigenvalue weighted by molar-refractivity contribution is -0.0471. The van der Waals surface area contributed by atoms with Crippen LogP contribution in [0.3, 0.4) is 0 Å². The molecule has 4 aromatic rings. The van der Waals surface area contributed by atoms with Crippen LogP contribution >= 0.6 is 7.60 Å². The maximum absolute atomic E-state index is 13.1. The molecule has 0 spiro atoms. The first kappa shape index (κ1) is 29.8. The number of aryl methyl sites for hydroxylation is 4. The second kappa shape index (κ2) is 12.5. The van der Waals surface area contributed by atoms with E-state index in [0.717, 1.165) is 45.8 Å². The molecule has 214 valence electrons. The van der Waals surface area contributed by atoms with Crippen LogP contribution in [0.15, 0.2) is 48.7 Å². The predicted molar refractivity (Wildman–Crippen MR) is 149 cm³/mol. The standard InChI is InChI=1S/C28H32F2N3O6P/c1-18-3-8-23-24-15-20(16-32-26(24)27(31)33-25(23)13-18)4-5-21-6-7-22(14-19(21)2)39-12-11-37-9-10-38-17-28(29,30)40(34,35)36/h3,6-8,13-16H,4-5,9-12,17H2,1-2H3,(H2,31,33)(H2,34,35,36). The SMILES string of the molecule is Cc1ccc2c(c1)nc(N)c1ncc(CCc3ccc(OCCOCCOCC(F)(F)P(=O)(O)O)cc3C)cc12. The van der Waals surface area contributed by atoms with Gasteiger partial charge in [0, 0.05) is 17.0 Å². The summed E-state index contributed by atoms with van der Waals surface area (Å²) in [5.74, 6) is 1.10. The second-order valence-corrected chi connectivity index (χ2v) is 11.3. The Kier molecular flexibility index (Phi) is 9.33. The number of benzene rings is 2. The van der Waals surface area contributed by atoms with Gasteiger partial charge < -0.3 is 29.7 Å². The highest BCUT2D eigenvalue weighted by molar-refractivity contribution is 7.53.